The molecule has 2 rings (SSSR count). The van der Waals surface area contributed by atoms with Crippen molar-refractivity contribution < 1.29 is 31.5 Å². The van der Waals surface area contributed by atoms with E-state index in [1.807, 2.05) is 0 Å². The van der Waals surface area contributed by atoms with Crippen LogP contribution in [0.2, 0.25) is 0 Å². The van der Waals surface area contributed by atoms with Crippen LogP contribution in [-0.2, 0) is 19.6 Å². The fraction of sp³-hybridized carbons (Fsp3) is 0.278. The van der Waals surface area contributed by atoms with Crippen molar-refractivity contribution in [2.45, 2.75) is 16.7 Å². The number of rotatable bonds is 10. The third-order valence-electron chi connectivity index (χ3n) is 3.34. The van der Waals surface area contributed by atoms with Crippen molar-refractivity contribution in [2.75, 3.05) is 25.5 Å². The summed E-state index contributed by atoms with van der Waals surface area (Å²) in [5.74, 6) is -1.47. The monoisotopic (exact) mass is 431 g/mol. The molecule has 2 aromatic rings. The topological polar surface area (TPSA) is 81.7 Å². The number of thioether (sulfide) groups is 1. The van der Waals surface area contributed by atoms with Gasteiger partial charge in [-0.15, -0.1) is 11.8 Å². The molecular formula is C18H19F2NO5S2. The molecule has 0 aliphatic carbocycles. The molecule has 0 amide bonds. The van der Waals surface area contributed by atoms with Gasteiger partial charge in [-0.05, 0) is 49.4 Å². The summed E-state index contributed by atoms with van der Waals surface area (Å²) < 4.78 is 63.2. The number of ether oxygens (including phenoxy) is 2. The standard InChI is InChI=1S/C18H19F2NO5S2/c1-2-25-18(22)12-26-17-8-5-14(11-16(17)20)27-10-9-21-28(23,24)15-6-3-13(19)4-7-15/h3-8,11,21H,2,9-10,12H2,1H3. The molecule has 152 valence electrons. The summed E-state index contributed by atoms with van der Waals surface area (Å²) in [5.41, 5.74) is 0. The third kappa shape index (κ3) is 6.77. The second-order valence-electron chi connectivity index (χ2n) is 5.39. The first kappa shape index (κ1) is 22.1. The van der Waals surface area contributed by atoms with Gasteiger partial charge < -0.3 is 9.47 Å². The highest BCUT2D eigenvalue weighted by molar-refractivity contribution is 7.99. The lowest BCUT2D eigenvalue weighted by molar-refractivity contribution is -0.145. The Kier molecular flexibility index (Phi) is 8.21. The van der Waals surface area contributed by atoms with Gasteiger partial charge in [-0.25, -0.2) is 26.7 Å². The molecule has 2 aromatic carbocycles. The molecule has 0 aliphatic heterocycles. The molecule has 0 radical (unpaired) electrons. The van der Waals surface area contributed by atoms with Crippen LogP contribution < -0.4 is 9.46 Å². The Morgan fingerprint density at radius 1 is 1.14 bits per heavy atom. The van der Waals surface area contributed by atoms with Crippen molar-refractivity contribution in [1.82, 2.24) is 4.72 Å². The van der Waals surface area contributed by atoms with Crippen molar-refractivity contribution in [1.29, 1.82) is 0 Å². The van der Waals surface area contributed by atoms with Crippen molar-refractivity contribution in [2.24, 2.45) is 0 Å². The molecule has 0 saturated carbocycles. The van der Waals surface area contributed by atoms with E-state index >= 15 is 0 Å². The van der Waals surface area contributed by atoms with E-state index in [0.29, 0.717) is 10.6 Å². The van der Waals surface area contributed by atoms with Crippen LogP contribution in [0.1, 0.15) is 6.92 Å². The zero-order chi connectivity index (χ0) is 20.6. The van der Waals surface area contributed by atoms with Gasteiger partial charge >= 0.3 is 5.97 Å². The van der Waals surface area contributed by atoms with Crippen molar-refractivity contribution in [3.8, 4) is 5.75 Å². The zero-order valence-corrected chi connectivity index (χ0v) is 16.6. The molecule has 0 heterocycles. The molecule has 1 N–H and O–H groups in total. The van der Waals surface area contributed by atoms with E-state index < -0.39 is 27.6 Å². The molecule has 10 heteroatoms. The summed E-state index contributed by atoms with van der Waals surface area (Å²) in [7, 11) is -3.73. The van der Waals surface area contributed by atoms with Crippen LogP contribution in [0.4, 0.5) is 8.78 Å². The number of esters is 1. The van der Waals surface area contributed by atoms with Crippen LogP contribution in [0.25, 0.3) is 0 Å². The lowest BCUT2D eigenvalue weighted by atomic mass is 10.3. The maximum Gasteiger partial charge on any atom is 0.344 e. The van der Waals surface area contributed by atoms with Crippen molar-refractivity contribution in [3.05, 3.63) is 54.1 Å². The van der Waals surface area contributed by atoms with E-state index in [2.05, 4.69) is 4.72 Å². The summed E-state index contributed by atoms with van der Waals surface area (Å²) in [5, 5.41) is 0. The van der Waals surface area contributed by atoms with Gasteiger partial charge in [0.25, 0.3) is 0 Å². The molecule has 0 aromatic heterocycles. The normalized spacial score (nSPS) is 11.2. The van der Waals surface area contributed by atoms with E-state index in [1.54, 1.807) is 13.0 Å². The predicted octanol–water partition coefficient (Wildman–Crippen LogP) is 2.98. The average molecular weight is 431 g/mol. The predicted molar refractivity (Wildman–Crippen MR) is 101 cm³/mol. The van der Waals surface area contributed by atoms with Gasteiger partial charge in [0.1, 0.15) is 5.82 Å². The molecule has 0 spiro atoms. The van der Waals surface area contributed by atoms with E-state index in [-0.39, 0.29) is 30.4 Å². The summed E-state index contributed by atoms with van der Waals surface area (Å²) in [4.78, 5) is 11.8. The number of hydrogen-bond acceptors (Lipinski definition) is 6. The Morgan fingerprint density at radius 2 is 1.86 bits per heavy atom. The largest absolute Gasteiger partial charge is 0.479 e. The van der Waals surface area contributed by atoms with Crippen LogP contribution in [0, 0.1) is 11.6 Å². The molecule has 0 bridgehead atoms. The first-order chi connectivity index (χ1) is 13.3. The van der Waals surface area contributed by atoms with Crippen molar-refractivity contribution in [3.63, 3.8) is 0 Å². The third-order valence-corrected chi connectivity index (χ3v) is 5.81. The molecule has 28 heavy (non-hydrogen) atoms. The van der Waals surface area contributed by atoms with E-state index in [4.69, 9.17) is 9.47 Å². The first-order valence-electron chi connectivity index (χ1n) is 8.28. The summed E-state index contributed by atoms with van der Waals surface area (Å²) in [6.07, 6.45) is 0. The van der Waals surface area contributed by atoms with Gasteiger partial charge in [-0.1, -0.05) is 0 Å². The number of carbonyl (C=O) groups is 1. The Morgan fingerprint density at radius 3 is 2.50 bits per heavy atom. The maximum atomic E-state index is 14.0. The summed E-state index contributed by atoms with van der Waals surface area (Å²) >= 11 is 1.24. The number of halogens is 2. The minimum Gasteiger partial charge on any atom is -0.479 e. The molecule has 0 atom stereocenters. The van der Waals surface area contributed by atoms with E-state index in [9.17, 15) is 22.0 Å². The number of carbonyl (C=O) groups excluding carboxylic acids is 1. The molecule has 0 unspecified atom stereocenters. The van der Waals surface area contributed by atoms with Crippen LogP contribution >= 0.6 is 11.8 Å². The highest BCUT2D eigenvalue weighted by atomic mass is 32.2. The number of benzene rings is 2. The molecular weight excluding hydrogens is 412 g/mol. The quantitative estimate of drug-likeness (QED) is 0.354. The number of sulfonamides is 1. The van der Waals surface area contributed by atoms with Gasteiger partial charge in [0.15, 0.2) is 18.2 Å². The van der Waals surface area contributed by atoms with Gasteiger partial charge in [-0.3, -0.25) is 0 Å². The Labute approximate surface area is 166 Å². The smallest absolute Gasteiger partial charge is 0.344 e. The zero-order valence-electron chi connectivity index (χ0n) is 15.0. The fourth-order valence-electron chi connectivity index (χ4n) is 2.07. The van der Waals surface area contributed by atoms with Gasteiger partial charge in [0.2, 0.25) is 10.0 Å². The second-order valence-corrected chi connectivity index (χ2v) is 8.32. The van der Waals surface area contributed by atoms with E-state index in [1.165, 1.54) is 36.0 Å². The summed E-state index contributed by atoms with van der Waals surface area (Å²) in [6.45, 7) is 1.59. The van der Waals surface area contributed by atoms with E-state index in [0.717, 1.165) is 12.1 Å². The molecule has 6 nitrogen and oxygen atoms in total. The maximum absolute atomic E-state index is 14.0. The minimum atomic E-state index is -3.73. The molecule has 0 fully saturated rings. The minimum absolute atomic E-state index is 0.0342. The van der Waals surface area contributed by atoms with Gasteiger partial charge in [0, 0.05) is 17.2 Å². The average Bonchev–Trinajstić information content (AvgIpc) is 2.65. The lowest BCUT2D eigenvalue weighted by Gasteiger charge is -2.09. The SMILES string of the molecule is CCOC(=O)COc1ccc(SCCNS(=O)(=O)c2ccc(F)cc2)cc1F. The summed E-state index contributed by atoms with van der Waals surface area (Å²) in [6, 6.07) is 8.71. The van der Waals surface area contributed by atoms with Crippen molar-refractivity contribution >= 4 is 27.8 Å². The second kappa shape index (κ2) is 10.4. The Hall–Kier alpha value is -2.17. The lowest BCUT2D eigenvalue weighted by Crippen LogP contribution is -2.26. The highest BCUT2D eigenvalue weighted by Gasteiger charge is 2.13. The molecule has 0 aliphatic rings. The van der Waals surface area contributed by atoms with Gasteiger partial charge in [-0.2, -0.15) is 0 Å². The number of hydrogen-bond donors (Lipinski definition) is 1. The number of nitrogens with one attached hydrogen (secondary N) is 1. The molecule has 0 saturated heterocycles. The van der Waals surface area contributed by atoms with Crippen LogP contribution in [0.3, 0.4) is 0 Å². The Bertz CT molecular complexity index is 905. The fourth-order valence-corrected chi connectivity index (χ4v) is 4.02. The highest BCUT2D eigenvalue weighted by Crippen LogP contribution is 2.25. The first-order valence-corrected chi connectivity index (χ1v) is 10.7. The van der Waals surface area contributed by atoms with Crippen LogP contribution in [0.15, 0.2) is 52.3 Å². The van der Waals surface area contributed by atoms with Crippen LogP contribution in [0.5, 0.6) is 5.75 Å². The van der Waals surface area contributed by atoms with Crippen LogP contribution in [-0.4, -0.2) is 39.9 Å². The van der Waals surface area contributed by atoms with Gasteiger partial charge in [0.05, 0.1) is 11.5 Å². The Balaban J connectivity index is 1.82.